The zero-order valence-corrected chi connectivity index (χ0v) is 12.3. The molecule has 0 aliphatic rings. The van der Waals surface area contributed by atoms with E-state index in [0.29, 0.717) is 17.1 Å². The van der Waals surface area contributed by atoms with Gasteiger partial charge >= 0.3 is 5.97 Å². The Morgan fingerprint density at radius 2 is 2.00 bits per heavy atom. The quantitative estimate of drug-likeness (QED) is 0.356. The van der Waals surface area contributed by atoms with Gasteiger partial charge < -0.3 is 14.7 Å². The van der Waals surface area contributed by atoms with Crippen LogP contribution in [0.5, 0.6) is 5.75 Å². The van der Waals surface area contributed by atoms with Crippen molar-refractivity contribution in [3.05, 3.63) is 71.2 Å². The van der Waals surface area contributed by atoms with Crippen LogP contribution in [0.3, 0.4) is 0 Å². The van der Waals surface area contributed by atoms with E-state index in [9.17, 15) is 10.0 Å². The van der Waals surface area contributed by atoms with Crippen molar-refractivity contribution in [1.29, 1.82) is 0 Å². The number of hydrogen-bond acceptors (Lipinski definition) is 4. The van der Waals surface area contributed by atoms with E-state index >= 15 is 0 Å². The Hall–Kier alpha value is -2.82. The predicted octanol–water partition coefficient (Wildman–Crippen LogP) is 2.48. The van der Waals surface area contributed by atoms with E-state index in [-0.39, 0.29) is 12.3 Å². The van der Waals surface area contributed by atoms with Gasteiger partial charge in [0.15, 0.2) is 11.9 Å². The summed E-state index contributed by atoms with van der Waals surface area (Å²) in [6, 6.07) is 12.9. The third kappa shape index (κ3) is 4.34. The lowest BCUT2D eigenvalue weighted by atomic mass is 10.2. The van der Waals surface area contributed by atoms with Crippen LogP contribution in [-0.4, -0.2) is 12.6 Å². The van der Waals surface area contributed by atoms with Gasteiger partial charge in [-0.3, -0.25) is 0 Å². The molecule has 2 rings (SSSR count). The van der Waals surface area contributed by atoms with Crippen molar-refractivity contribution in [3.8, 4) is 5.75 Å². The van der Waals surface area contributed by atoms with Gasteiger partial charge in [0.1, 0.15) is 6.61 Å². The van der Waals surface area contributed by atoms with Crippen molar-refractivity contribution in [1.82, 2.24) is 0 Å². The van der Waals surface area contributed by atoms with Crippen LogP contribution in [0.1, 0.15) is 18.2 Å². The summed E-state index contributed by atoms with van der Waals surface area (Å²) in [6.45, 7) is 2.34. The third-order valence-electron chi connectivity index (χ3n) is 2.86. The monoisotopic (exact) mass is 299 g/mol. The van der Waals surface area contributed by atoms with Crippen LogP contribution in [0, 0.1) is 5.21 Å². The van der Waals surface area contributed by atoms with E-state index in [1.807, 2.05) is 30.3 Å². The van der Waals surface area contributed by atoms with E-state index in [1.54, 1.807) is 19.1 Å². The molecule has 0 saturated carbocycles. The van der Waals surface area contributed by atoms with Crippen LogP contribution in [0.15, 0.2) is 54.7 Å². The summed E-state index contributed by atoms with van der Waals surface area (Å²) in [6.07, 6.45) is 3.95. The van der Waals surface area contributed by atoms with Crippen molar-refractivity contribution in [2.75, 3.05) is 6.61 Å². The fourth-order valence-corrected chi connectivity index (χ4v) is 1.83. The van der Waals surface area contributed by atoms with Gasteiger partial charge in [-0.25, -0.2) is 4.79 Å². The van der Waals surface area contributed by atoms with Crippen LogP contribution >= 0.6 is 0 Å². The molecule has 5 nitrogen and oxygen atoms in total. The van der Waals surface area contributed by atoms with Crippen LogP contribution in [0.4, 0.5) is 0 Å². The van der Waals surface area contributed by atoms with Crippen LogP contribution in [0.2, 0.25) is 0 Å². The molecule has 0 aliphatic carbocycles. The molecular formula is C17H17NO4. The zero-order chi connectivity index (χ0) is 15.8. The molecule has 0 bridgehead atoms. The highest BCUT2D eigenvalue weighted by molar-refractivity contribution is 5.86. The molecule has 114 valence electrons. The number of esters is 1. The molecule has 0 spiro atoms. The average Bonchev–Trinajstić information content (AvgIpc) is 2.53. The second-order valence-corrected chi connectivity index (χ2v) is 4.44. The summed E-state index contributed by atoms with van der Waals surface area (Å²) >= 11 is 0. The zero-order valence-electron chi connectivity index (χ0n) is 12.3. The number of carbonyl (C=O) groups excluding carboxylic acids is 1. The number of pyridine rings is 1. The van der Waals surface area contributed by atoms with Gasteiger partial charge in [0.2, 0.25) is 0 Å². The molecule has 0 fully saturated rings. The van der Waals surface area contributed by atoms with Crippen molar-refractivity contribution in [2.45, 2.75) is 13.5 Å². The third-order valence-corrected chi connectivity index (χ3v) is 2.86. The second-order valence-electron chi connectivity index (χ2n) is 4.44. The number of hydrogen-bond donors (Lipinski definition) is 0. The molecule has 22 heavy (non-hydrogen) atoms. The number of rotatable bonds is 6. The summed E-state index contributed by atoms with van der Waals surface area (Å²) in [7, 11) is 0. The van der Waals surface area contributed by atoms with Gasteiger partial charge in [0.05, 0.1) is 6.61 Å². The first-order chi connectivity index (χ1) is 10.7. The Bertz CT molecular complexity index is 653. The van der Waals surface area contributed by atoms with Gasteiger partial charge in [-0.05, 0) is 18.6 Å². The maximum absolute atomic E-state index is 11.9. The Morgan fingerprint density at radius 1 is 1.23 bits per heavy atom. The average molecular weight is 299 g/mol. The van der Waals surface area contributed by atoms with Crippen LogP contribution in [0.25, 0.3) is 6.08 Å². The number of nitrogens with zero attached hydrogens (tertiary/aromatic N) is 1. The first-order valence-electron chi connectivity index (χ1n) is 6.94. The van der Waals surface area contributed by atoms with Crippen molar-refractivity contribution in [3.63, 3.8) is 0 Å². The molecule has 0 saturated heterocycles. The summed E-state index contributed by atoms with van der Waals surface area (Å²) in [5.74, 6) is -0.0951. The van der Waals surface area contributed by atoms with E-state index in [2.05, 4.69) is 0 Å². The SMILES string of the molecule is CCOC(=O)/C=C/c1c(OCc2ccccc2)ccc[n+]1[O-]. The number of ether oxygens (including phenoxy) is 2. The molecule has 0 aliphatic heterocycles. The highest BCUT2D eigenvalue weighted by atomic mass is 16.5. The minimum Gasteiger partial charge on any atom is -0.618 e. The highest BCUT2D eigenvalue weighted by Gasteiger charge is 2.11. The maximum atomic E-state index is 11.9. The van der Waals surface area contributed by atoms with Gasteiger partial charge in [-0.15, -0.1) is 0 Å². The van der Waals surface area contributed by atoms with E-state index in [0.717, 1.165) is 5.56 Å². The number of aromatic nitrogens is 1. The lowest BCUT2D eigenvalue weighted by molar-refractivity contribution is -0.607. The van der Waals surface area contributed by atoms with Gasteiger partial charge in [-0.1, -0.05) is 30.3 Å². The Kier molecular flexibility index (Phi) is 5.54. The largest absolute Gasteiger partial charge is 0.618 e. The second kappa shape index (κ2) is 7.83. The smallest absolute Gasteiger partial charge is 0.330 e. The maximum Gasteiger partial charge on any atom is 0.330 e. The van der Waals surface area contributed by atoms with E-state index in [1.165, 1.54) is 18.3 Å². The summed E-state index contributed by atoms with van der Waals surface area (Å²) in [5.41, 5.74) is 1.25. The summed E-state index contributed by atoms with van der Waals surface area (Å²) in [4.78, 5) is 11.4. The fraction of sp³-hybridized carbons (Fsp3) is 0.176. The molecule has 2 aromatic rings. The predicted molar refractivity (Wildman–Crippen MR) is 81.8 cm³/mol. The Labute approximate surface area is 129 Å². The molecule has 0 amide bonds. The molecule has 0 unspecified atom stereocenters. The fourth-order valence-electron chi connectivity index (χ4n) is 1.83. The van der Waals surface area contributed by atoms with Crippen LogP contribution < -0.4 is 9.47 Å². The highest BCUT2D eigenvalue weighted by Crippen LogP contribution is 2.17. The van der Waals surface area contributed by atoms with E-state index in [4.69, 9.17) is 9.47 Å². The number of carbonyl (C=O) groups is 1. The molecular weight excluding hydrogens is 282 g/mol. The molecule has 0 atom stereocenters. The topological polar surface area (TPSA) is 62.5 Å². The minimum absolute atomic E-state index is 0.256. The number of benzene rings is 1. The first kappa shape index (κ1) is 15.6. The first-order valence-corrected chi connectivity index (χ1v) is 6.94. The van der Waals surface area contributed by atoms with Crippen molar-refractivity contribution >= 4 is 12.0 Å². The Balaban J connectivity index is 2.14. The van der Waals surface area contributed by atoms with Crippen LogP contribution in [-0.2, 0) is 16.1 Å². The van der Waals surface area contributed by atoms with Crippen molar-refractivity contribution < 1.29 is 19.0 Å². The molecule has 0 radical (unpaired) electrons. The van der Waals surface area contributed by atoms with Crippen molar-refractivity contribution in [2.24, 2.45) is 0 Å². The summed E-state index contributed by atoms with van der Waals surface area (Å²) in [5, 5.41) is 11.9. The normalized spacial score (nSPS) is 10.6. The molecule has 1 heterocycles. The van der Waals surface area contributed by atoms with E-state index < -0.39 is 5.97 Å². The van der Waals surface area contributed by atoms with Gasteiger partial charge in [0.25, 0.3) is 5.69 Å². The molecule has 0 N–H and O–H groups in total. The molecule has 1 aromatic carbocycles. The summed E-state index contributed by atoms with van der Waals surface area (Å²) < 4.78 is 11.1. The standard InChI is InChI=1S/C17H17NO4/c1-2-21-17(19)11-10-15-16(9-6-12-18(15)20)22-13-14-7-4-3-5-8-14/h3-12H,2,13H2,1H3/b11-10+. The lowest BCUT2D eigenvalue weighted by Crippen LogP contribution is -2.29. The van der Waals surface area contributed by atoms with Gasteiger partial charge in [0, 0.05) is 18.2 Å². The molecule has 5 heteroatoms. The Morgan fingerprint density at radius 3 is 2.73 bits per heavy atom. The van der Waals surface area contributed by atoms with Gasteiger partial charge in [-0.2, -0.15) is 4.73 Å². The lowest BCUT2D eigenvalue weighted by Gasteiger charge is -2.09. The molecule has 1 aromatic heterocycles. The minimum atomic E-state index is -0.500.